The van der Waals surface area contributed by atoms with E-state index in [9.17, 15) is 26.3 Å². The van der Waals surface area contributed by atoms with Crippen molar-refractivity contribution in [1.29, 1.82) is 0 Å². The van der Waals surface area contributed by atoms with Crippen LogP contribution < -0.4 is 0 Å². The normalized spacial score (nSPS) is 12.2. The smallest absolute Gasteiger partial charge is 0.435 e. The molecular formula is C26H14F6N2O2. The highest BCUT2D eigenvalue weighted by molar-refractivity contribution is 5.68. The van der Waals surface area contributed by atoms with Gasteiger partial charge >= 0.3 is 12.4 Å². The molecule has 4 nitrogen and oxygen atoms in total. The van der Waals surface area contributed by atoms with Gasteiger partial charge in [-0.3, -0.25) is 0 Å². The quantitative estimate of drug-likeness (QED) is 0.233. The van der Waals surface area contributed by atoms with Gasteiger partial charge in [0.1, 0.15) is 0 Å². The van der Waals surface area contributed by atoms with E-state index >= 15 is 0 Å². The largest absolute Gasteiger partial charge is 0.437 e. The number of benzene rings is 3. The Morgan fingerprint density at radius 2 is 0.778 bits per heavy atom. The van der Waals surface area contributed by atoms with Crippen molar-refractivity contribution in [3.05, 3.63) is 96.3 Å². The van der Waals surface area contributed by atoms with Crippen LogP contribution in [-0.4, -0.2) is 9.97 Å². The molecular weight excluding hydrogens is 486 g/mol. The van der Waals surface area contributed by atoms with Gasteiger partial charge in [0.05, 0.1) is 0 Å². The van der Waals surface area contributed by atoms with Gasteiger partial charge in [0.15, 0.2) is 22.9 Å². The summed E-state index contributed by atoms with van der Waals surface area (Å²) in [6.45, 7) is 0. The molecule has 0 N–H and O–H groups in total. The Morgan fingerprint density at radius 3 is 1.08 bits per heavy atom. The van der Waals surface area contributed by atoms with Crippen molar-refractivity contribution in [1.82, 2.24) is 9.97 Å². The van der Waals surface area contributed by atoms with Crippen molar-refractivity contribution in [2.45, 2.75) is 12.4 Å². The number of hydrogen-bond donors (Lipinski definition) is 0. The number of aromatic nitrogens is 2. The lowest BCUT2D eigenvalue weighted by Gasteiger charge is -2.04. The van der Waals surface area contributed by atoms with Crippen LogP contribution >= 0.6 is 0 Å². The van der Waals surface area contributed by atoms with Crippen molar-refractivity contribution in [3.8, 4) is 45.6 Å². The summed E-state index contributed by atoms with van der Waals surface area (Å²) in [6, 6.07) is 20.9. The van der Waals surface area contributed by atoms with Gasteiger partial charge < -0.3 is 8.83 Å². The molecule has 2 heterocycles. The maximum atomic E-state index is 13.6. The SMILES string of the molecule is FC(F)(F)c1nc(-c2ccc(-c3nc(C(F)(F)F)c(-c4ccccc4)o3)cc2)oc1-c1ccccc1. The average Bonchev–Trinajstić information content (AvgIpc) is 3.51. The Labute approximate surface area is 199 Å². The summed E-state index contributed by atoms with van der Waals surface area (Å²) in [5, 5.41) is 0. The first-order valence-corrected chi connectivity index (χ1v) is 10.5. The van der Waals surface area contributed by atoms with E-state index in [2.05, 4.69) is 9.97 Å². The molecule has 10 heteroatoms. The first-order valence-electron chi connectivity index (χ1n) is 10.5. The molecule has 0 radical (unpaired) electrons. The fourth-order valence-corrected chi connectivity index (χ4v) is 3.60. The van der Waals surface area contributed by atoms with E-state index in [4.69, 9.17) is 8.83 Å². The van der Waals surface area contributed by atoms with Crippen molar-refractivity contribution in [2.75, 3.05) is 0 Å². The summed E-state index contributed by atoms with van der Waals surface area (Å²) in [7, 11) is 0. The molecule has 0 saturated heterocycles. The van der Waals surface area contributed by atoms with E-state index in [0.717, 1.165) is 0 Å². The summed E-state index contributed by atoms with van der Waals surface area (Å²) >= 11 is 0. The Hall–Kier alpha value is -4.34. The second kappa shape index (κ2) is 8.71. The predicted octanol–water partition coefficient (Wildman–Crippen LogP) is 8.37. The number of halogens is 6. The summed E-state index contributed by atoms with van der Waals surface area (Å²) in [6.07, 6.45) is -9.51. The maximum absolute atomic E-state index is 13.6. The number of alkyl halides is 6. The minimum Gasteiger partial charge on any atom is -0.435 e. The topological polar surface area (TPSA) is 52.1 Å². The molecule has 0 bridgehead atoms. The molecule has 36 heavy (non-hydrogen) atoms. The molecule has 2 aromatic heterocycles. The molecule has 0 aliphatic heterocycles. The van der Waals surface area contributed by atoms with Crippen LogP contribution in [0.25, 0.3) is 45.6 Å². The number of hydrogen-bond acceptors (Lipinski definition) is 4. The van der Waals surface area contributed by atoms with E-state index in [1.165, 1.54) is 48.5 Å². The van der Waals surface area contributed by atoms with Gasteiger partial charge in [0, 0.05) is 22.3 Å². The first-order chi connectivity index (χ1) is 17.1. The third kappa shape index (κ3) is 4.49. The highest BCUT2D eigenvalue weighted by atomic mass is 19.4. The van der Waals surface area contributed by atoms with Crippen molar-refractivity contribution in [3.63, 3.8) is 0 Å². The van der Waals surface area contributed by atoms with Gasteiger partial charge in [0.2, 0.25) is 11.8 Å². The van der Waals surface area contributed by atoms with Gasteiger partial charge in [-0.15, -0.1) is 0 Å². The molecule has 0 aliphatic rings. The number of rotatable bonds is 4. The molecule has 0 amide bonds. The minimum absolute atomic E-state index is 0.192. The monoisotopic (exact) mass is 500 g/mol. The zero-order valence-electron chi connectivity index (χ0n) is 18.1. The van der Waals surface area contributed by atoms with Gasteiger partial charge in [-0.05, 0) is 24.3 Å². The summed E-state index contributed by atoms with van der Waals surface area (Å²) in [5.41, 5.74) is -1.57. The fourth-order valence-electron chi connectivity index (χ4n) is 3.60. The van der Waals surface area contributed by atoms with Crippen LogP contribution in [0.2, 0.25) is 0 Å². The molecule has 5 rings (SSSR count). The average molecular weight is 500 g/mol. The zero-order valence-corrected chi connectivity index (χ0v) is 18.1. The van der Waals surface area contributed by atoms with Crippen LogP contribution in [0.4, 0.5) is 26.3 Å². The fraction of sp³-hybridized carbons (Fsp3) is 0.0769. The number of nitrogens with zero attached hydrogens (tertiary/aromatic N) is 2. The second-order valence-corrected chi connectivity index (χ2v) is 7.70. The molecule has 0 atom stereocenters. The Morgan fingerprint density at radius 1 is 0.444 bits per heavy atom. The predicted molar refractivity (Wildman–Crippen MR) is 118 cm³/mol. The molecule has 0 aliphatic carbocycles. The van der Waals surface area contributed by atoms with Crippen molar-refractivity contribution < 1.29 is 35.2 Å². The highest BCUT2D eigenvalue weighted by Gasteiger charge is 2.40. The van der Waals surface area contributed by atoms with Gasteiger partial charge in [-0.2, -0.15) is 26.3 Å². The lowest BCUT2D eigenvalue weighted by molar-refractivity contribution is -0.141. The Balaban J connectivity index is 1.53. The van der Waals surface area contributed by atoms with Gasteiger partial charge in [-0.25, -0.2) is 9.97 Å². The highest BCUT2D eigenvalue weighted by Crippen LogP contribution is 2.41. The molecule has 0 unspecified atom stereocenters. The van der Waals surface area contributed by atoms with Gasteiger partial charge in [0.25, 0.3) is 0 Å². The van der Waals surface area contributed by atoms with Crippen LogP contribution in [0, 0.1) is 0 Å². The Kier molecular flexibility index (Phi) is 5.66. The van der Waals surface area contributed by atoms with Crippen molar-refractivity contribution >= 4 is 0 Å². The molecule has 0 spiro atoms. The first kappa shape index (κ1) is 23.4. The summed E-state index contributed by atoms with van der Waals surface area (Å²) in [4.78, 5) is 7.28. The summed E-state index contributed by atoms with van der Waals surface area (Å²) < 4.78 is 92.5. The standard InChI is InChI=1S/C26H14F6N2O2/c27-25(28,29)21-19(15-7-3-1-4-8-15)35-23(33-21)17-11-13-18(14-12-17)24-34-22(26(30,31)32)20(36-24)16-9-5-2-6-10-16/h1-14H. The van der Waals surface area contributed by atoms with E-state index in [1.807, 2.05) is 0 Å². The van der Waals surface area contributed by atoms with Crippen molar-refractivity contribution in [2.24, 2.45) is 0 Å². The number of oxazole rings is 2. The molecule has 0 saturated carbocycles. The molecule has 0 fully saturated rings. The third-order valence-electron chi connectivity index (χ3n) is 5.24. The summed E-state index contributed by atoms with van der Waals surface area (Å²) in [5.74, 6) is -1.45. The molecule has 182 valence electrons. The lowest BCUT2D eigenvalue weighted by atomic mass is 10.1. The molecule has 3 aromatic carbocycles. The van der Waals surface area contributed by atoms with E-state index in [-0.39, 0.29) is 34.0 Å². The lowest BCUT2D eigenvalue weighted by Crippen LogP contribution is -2.07. The van der Waals surface area contributed by atoms with Crippen LogP contribution in [0.15, 0.2) is 93.8 Å². The second-order valence-electron chi connectivity index (χ2n) is 7.70. The van der Waals surface area contributed by atoms with Crippen LogP contribution in [0.3, 0.4) is 0 Å². The van der Waals surface area contributed by atoms with Crippen LogP contribution in [0.5, 0.6) is 0 Å². The Bertz CT molecular complexity index is 1370. The van der Waals surface area contributed by atoms with Gasteiger partial charge in [-0.1, -0.05) is 60.7 Å². The third-order valence-corrected chi connectivity index (χ3v) is 5.24. The van der Waals surface area contributed by atoms with E-state index in [0.29, 0.717) is 0 Å². The maximum Gasteiger partial charge on any atom is 0.437 e. The minimum atomic E-state index is -4.76. The van der Waals surface area contributed by atoms with Crippen LogP contribution in [0.1, 0.15) is 11.4 Å². The van der Waals surface area contributed by atoms with Crippen LogP contribution in [-0.2, 0) is 12.4 Å². The van der Waals surface area contributed by atoms with E-state index in [1.54, 1.807) is 36.4 Å². The zero-order chi connectivity index (χ0) is 25.5. The molecule has 5 aromatic rings. The van der Waals surface area contributed by atoms with E-state index < -0.39 is 35.3 Å².